The van der Waals surface area contributed by atoms with Crippen LogP contribution in [0.2, 0.25) is 0 Å². The van der Waals surface area contributed by atoms with E-state index < -0.39 is 53.8 Å². The fraction of sp³-hybridized carbons (Fsp3) is 0.400. The van der Waals surface area contributed by atoms with Crippen molar-refractivity contribution >= 4 is 12.4 Å². The zero-order valence-corrected chi connectivity index (χ0v) is 10.1. The van der Waals surface area contributed by atoms with E-state index in [2.05, 4.69) is 0 Å². The van der Waals surface area contributed by atoms with Crippen molar-refractivity contribution in [2.45, 2.75) is 18.6 Å². The third-order valence-electron chi connectivity index (χ3n) is 2.26. The number of halogens is 7. The van der Waals surface area contributed by atoms with Crippen LogP contribution >= 0.6 is 12.4 Å². The van der Waals surface area contributed by atoms with Crippen molar-refractivity contribution in [1.82, 2.24) is 0 Å². The Labute approximate surface area is 110 Å². The molecule has 0 aliphatic carbocycles. The van der Waals surface area contributed by atoms with Gasteiger partial charge in [0.05, 0.1) is 12.2 Å². The zero-order valence-electron chi connectivity index (χ0n) is 9.27. The Morgan fingerprint density at radius 1 is 1.16 bits per heavy atom. The number of hydrogen-bond donors (Lipinski definition) is 2. The van der Waals surface area contributed by atoms with Crippen LogP contribution < -0.4 is 5.73 Å². The number of alkyl halides is 3. The van der Waals surface area contributed by atoms with Gasteiger partial charge in [0.1, 0.15) is 5.82 Å². The van der Waals surface area contributed by atoms with Crippen LogP contribution in [0.3, 0.4) is 0 Å². The fourth-order valence-corrected chi connectivity index (χ4v) is 1.35. The number of aliphatic hydroxyl groups is 1. The van der Waals surface area contributed by atoms with Crippen LogP contribution in [0.5, 0.6) is 0 Å². The van der Waals surface area contributed by atoms with E-state index in [4.69, 9.17) is 10.8 Å². The lowest BCUT2D eigenvalue weighted by molar-refractivity contribution is -0.140. The molecule has 1 rings (SSSR count). The van der Waals surface area contributed by atoms with Gasteiger partial charge in [-0.2, -0.15) is 13.2 Å². The number of hydrogen-bond acceptors (Lipinski definition) is 2. The molecule has 0 radical (unpaired) electrons. The predicted molar refractivity (Wildman–Crippen MR) is 57.3 cm³/mol. The van der Waals surface area contributed by atoms with Gasteiger partial charge in [0.15, 0.2) is 11.6 Å². The number of nitrogens with two attached hydrogens (primary N) is 1. The Kier molecular flexibility index (Phi) is 6.11. The minimum Gasteiger partial charge on any atom is -0.395 e. The summed E-state index contributed by atoms with van der Waals surface area (Å²) in [7, 11) is 0. The molecule has 9 heteroatoms. The first-order valence-electron chi connectivity index (χ1n) is 4.78. The maximum Gasteiger partial charge on any atom is 0.419 e. The van der Waals surface area contributed by atoms with Crippen molar-refractivity contribution in [3.63, 3.8) is 0 Å². The van der Waals surface area contributed by atoms with E-state index in [9.17, 15) is 26.3 Å². The molecular weight excluding hydrogens is 300 g/mol. The molecule has 0 heterocycles. The molecule has 110 valence electrons. The third-order valence-corrected chi connectivity index (χ3v) is 2.26. The van der Waals surface area contributed by atoms with Crippen molar-refractivity contribution in [1.29, 1.82) is 0 Å². The minimum atomic E-state index is -5.19. The van der Waals surface area contributed by atoms with Crippen LogP contribution in [-0.2, 0) is 12.6 Å². The van der Waals surface area contributed by atoms with Crippen molar-refractivity contribution in [3.8, 4) is 0 Å². The Balaban J connectivity index is 0.00000324. The van der Waals surface area contributed by atoms with Crippen LogP contribution in [0.1, 0.15) is 11.1 Å². The van der Waals surface area contributed by atoms with E-state index in [1.165, 1.54) is 0 Å². The molecule has 0 aromatic heterocycles. The highest BCUT2D eigenvalue weighted by Gasteiger charge is 2.37. The first-order valence-corrected chi connectivity index (χ1v) is 4.78. The zero-order chi connectivity index (χ0) is 14.1. The standard InChI is InChI=1S/C10H9F6NO.ClH/c11-7-2-6(10(14,15)16)9(13)8(12)5(7)1-4(17)3-18;/h2,4,18H,1,3,17H2;1H. The van der Waals surface area contributed by atoms with Crippen molar-refractivity contribution in [3.05, 3.63) is 34.6 Å². The summed E-state index contributed by atoms with van der Waals surface area (Å²) in [5.41, 5.74) is 2.26. The van der Waals surface area contributed by atoms with Gasteiger partial charge < -0.3 is 10.8 Å². The highest BCUT2D eigenvalue weighted by Crippen LogP contribution is 2.34. The molecular formula is C10H10ClF6NO. The summed E-state index contributed by atoms with van der Waals surface area (Å²) in [5.74, 6) is -5.67. The molecule has 0 saturated carbocycles. The van der Waals surface area contributed by atoms with E-state index in [0.717, 1.165) is 0 Å². The maximum absolute atomic E-state index is 13.3. The van der Waals surface area contributed by atoms with Gasteiger partial charge in [0.25, 0.3) is 0 Å². The smallest absolute Gasteiger partial charge is 0.395 e. The van der Waals surface area contributed by atoms with E-state index in [1.807, 2.05) is 0 Å². The second-order valence-electron chi connectivity index (χ2n) is 3.66. The summed E-state index contributed by atoms with van der Waals surface area (Å²) in [6, 6.07) is -1.22. The summed E-state index contributed by atoms with van der Waals surface area (Å²) in [4.78, 5) is 0. The van der Waals surface area contributed by atoms with Crippen LogP contribution in [0, 0.1) is 17.5 Å². The Morgan fingerprint density at radius 2 is 1.68 bits per heavy atom. The van der Waals surface area contributed by atoms with Crippen LogP contribution in [0.4, 0.5) is 26.3 Å². The normalized spacial score (nSPS) is 13.1. The van der Waals surface area contributed by atoms with E-state index >= 15 is 0 Å². The van der Waals surface area contributed by atoms with Crippen LogP contribution in [0.25, 0.3) is 0 Å². The second-order valence-corrected chi connectivity index (χ2v) is 3.66. The average molecular weight is 310 g/mol. The van der Waals surface area contributed by atoms with Gasteiger partial charge in [-0.3, -0.25) is 0 Å². The summed E-state index contributed by atoms with van der Waals surface area (Å²) in [6.07, 6.45) is -5.80. The Bertz CT molecular complexity index is 451. The van der Waals surface area contributed by atoms with Crippen LogP contribution in [0.15, 0.2) is 6.07 Å². The van der Waals surface area contributed by atoms with Crippen molar-refractivity contribution in [2.24, 2.45) is 5.73 Å². The van der Waals surface area contributed by atoms with Gasteiger partial charge in [-0.15, -0.1) is 12.4 Å². The molecule has 1 aromatic carbocycles. The molecule has 0 bridgehead atoms. The molecule has 0 spiro atoms. The lowest BCUT2D eigenvalue weighted by Gasteiger charge is -2.14. The largest absolute Gasteiger partial charge is 0.419 e. The highest BCUT2D eigenvalue weighted by atomic mass is 35.5. The molecule has 1 unspecified atom stereocenters. The van der Waals surface area contributed by atoms with Gasteiger partial charge in [-0.1, -0.05) is 0 Å². The Hall–Kier alpha value is -0.990. The van der Waals surface area contributed by atoms with Gasteiger partial charge in [0.2, 0.25) is 0 Å². The maximum atomic E-state index is 13.3. The highest BCUT2D eigenvalue weighted by molar-refractivity contribution is 5.85. The monoisotopic (exact) mass is 309 g/mol. The summed E-state index contributed by atoms with van der Waals surface area (Å²) < 4.78 is 76.4. The summed E-state index contributed by atoms with van der Waals surface area (Å²) >= 11 is 0. The molecule has 2 nitrogen and oxygen atoms in total. The Morgan fingerprint density at radius 3 is 2.11 bits per heavy atom. The molecule has 0 aliphatic rings. The van der Waals surface area contributed by atoms with Gasteiger partial charge in [-0.05, 0) is 12.5 Å². The minimum absolute atomic E-state index is 0. The first kappa shape index (κ1) is 18.0. The van der Waals surface area contributed by atoms with Gasteiger partial charge in [-0.25, -0.2) is 13.2 Å². The van der Waals surface area contributed by atoms with Crippen LogP contribution in [-0.4, -0.2) is 17.8 Å². The number of rotatable bonds is 3. The molecule has 3 N–H and O–H groups in total. The number of benzene rings is 1. The lowest BCUT2D eigenvalue weighted by atomic mass is 10.0. The molecule has 0 fully saturated rings. The van der Waals surface area contributed by atoms with E-state index in [0.29, 0.717) is 0 Å². The molecule has 0 saturated heterocycles. The molecule has 1 aromatic rings. The lowest BCUT2D eigenvalue weighted by Crippen LogP contribution is -2.28. The number of aliphatic hydroxyl groups excluding tert-OH is 1. The third kappa shape index (κ3) is 3.99. The molecule has 0 amide bonds. The quantitative estimate of drug-likeness (QED) is 0.665. The van der Waals surface area contributed by atoms with Gasteiger partial charge >= 0.3 is 6.18 Å². The van der Waals surface area contributed by atoms with Crippen molar-refractivity contribution in [2.75, 3.05) is 6.61 Å². The molecule has 0 aliphatic heterocycles. The molecule has 19 heavy (non-hydrogen) atoms. The summed E-state index contributed by atoms with van der Waals surface area (Å²) in [6.45, 7) is -0.637. The first-order chi connectivity index (χ1) is 8.18. The molecule has 1 atom stereocenters. The topological polar surface area (TPSA) is 46.2 Å². The average Bonchev–Trinajstić information content (AvgIpc) is 2.27. The predicted octanol–water partition coefficient (Wildman–Crippen LogP) is 2.41. The fourth-order valence-electron chi connectivity index (χ4n) is 1.35. The SMILES string of the molecule is Cl.NC(CO)Cc1c(F)cc(C(F)(F)F)c(F)c1F. The second kappa shape index (κ2) is 6.44. The van der Waals surface area contributed by atoms with E-state index in [1.54, 1.807) is 0 Å². The summed E-state index contributed by atoms with van der Waals surface area (Å²) in [5, 5.41) is 8.59. The van der Waals surface area contributed by atoms with E-state index in [-0.39, 0.29) is 18.5 Å². The van der Waals surface area contributed by atoms with Crippen molar-refractivity contribution < 1.29 is 31.4 Å². The van der Waals surface area contributed by atoms with Gasteiger partial charge in [0, 0.05) is 11.6 Å².